The van der Waals surface area contributed by atoms with E-state index in [4.69, 9.17) is 9.47 Å². The predicted octanol–water partition coefficient (Wildman–Crippen LogP) is 4.34. The zero-order valence-corrected chi connectivity index (χ0v) is 12.9. The van der Waals surface area contributed by atoms with E-state index in [1.165, 1.54) is 12.8 Å². The number of hydrogen-bond acceptors (Lipinski definition) is 3. The van der Waals surface area contributed by atoms with Gasteiger partial charge < -0.3 is 9.47 Å². The highest BCUT2D eigenvalue weighted by atomic mass is 16.5. The van der Waals surface area contributed by atoms with Gasteiger partial charge in [-0.2, -0.15) is 0 Å². The second kappa shape index (κ2) is 9.40. The molecule has 112 valence electrons. The van der Waals surface area contributed by atoms with E-state index >= 15 is 0 Å². The molecule has 0 radical (unpaired) electrons. The first-order valence-corrected chi connectivity index (χ1v) is 7.40. The lowest BCUT2D eigenvalue weighted by molar-refractivity contribution is -0.145. The molecule has 1 rings (SSSR count). The van der Waals surface area contributed by atoms with E-state index in [1.54, 1.807) is 7.11 Å². The molecule has 0 aliphatic rings. The number of esters is 1. The Morgan fingerprint density at radius 1 is 1.10 bits per heavy atom. The van der Waals surface area contributed by atoms with E-state index in [2.05, 4.69) is 13.8 Å². The maximum atomic E-state index is 11.6. The molecule has 0 aromatic heterocycles. The van der Waals surface area contributed by atoms with Gasteiger partial charge in [0.25, 0.3) is 0 Å². The van der Waals surface area contributed by atoms with Gasteiger partial charge in [0.2, 0.25) is 0 Å². The second-order valence-electron chi connectivity index (χ2n) is 5.50. The molecule has 0 aliphatic carbocycles. The molecule has 0 heterocycles. The summed E-state index contributed by atoms with van der Waals surface area (Å²) >= 11 is 0. The van der Waals surface area contributed by atoms with Crippen molar-refractivity contribution >= 4 is 5.97 Å². The molecule has 0 bridgehead atoms. The van der Waals surface area contributed by atoms with Crippen LogP contribution in [0.3, 0.4) is 0 Å². The van der Waals surface area contributed by atoms with Gasteiger partial charge in [-0.3, -0.25) is 4.79 Å². The van der Waals surface area contributed by atoms with E-state index in [0.717, 1.165) is 30.1 Å². The highest BCUT2D eigenvalue weighted by Crippen LogP contribution is 2.13. The van der Waals surface area contributed by atoms with Crippen LogP contribution >= 0.6 is 0 Å². The van der Waals surface area contributed by atoms with Crippen molar-refractivity contribution in [2.45, 2.75) is 52.6 Å². The van der Waals surface area contributed by atoms with Gasteiger partial charge in [-0.15, -0.1) is 0 Å². The summed E-state index contributed by atoms with van der Waals surface area (Å²) in [6.07, 6.45) is 4.99. The Morgan fingerprint density at radius 2 is 1.80 bits per heavy atom. The average Bonchev–Trinajstić information content (AvgIpc) is 2.45. The molecule has 1 aromatic rings. The van der Waals surface area contributed by atoms with Crippen LogP contribution in [0.2, 0.25) is 0 Å². The first kappa shape index (κ1) is 16.5. The Balaban J connectivity index is 2.13. The van der Waals surface area contributed by atoms with Gasteiger partial charge in [-0.25, -0.2) is 0 Å². The van der Waals surface area contributed by atoms with Crippen molar-refractivity contribution in [2.24, 2.45) is 5.92 Å². The molecule has 20 heavy (non-hydrogen) atoms. The summed E-state index contributed by atoms with van der Waals surface area (Å²) in [6.45, 7) is 4.79. The molecule has 0 amide bonds. The van der Waals surface area contributed by atoms with Gasteiger partial charge in [-0.05, 0) is 30.0 Å². The number of carbonyl (C=O) groups is 1. The molecule has 0 spiro atoms. The third-order valence-corrected chi connectivity index (χ3v) is 3.22. The molecule has 0 saturated heterocycles. The quantitative estimate of drug-likeness (QED) is 0.498. The lowest BCUT2D eigenvalue weighted by Crippen LogP contribution is -2.04. The zero-order chi connectivity index (χ0) is 14.8. The molecule has 1 aromatic carbocycles. The summed E-state index contributed by atoms with van der Waals surface area (Å²) in [4.78, 5) is 11.6. The van der Waals surface area contributed by atoms with Crippen LogP contribution in [0, 0.1) is 5.92 Å². The fraction of sp³-hybridized carbons (Fsp3) is 0.588. The molecule has 3 heteroatoms. The third kappa shape index (κ3) is 7.17. The van der Waals surface area contributed by atoms with Crippen molar-refractivity contribution in [1.29, 1.82) is 0 Å². The van der Waals surface area contributed by atoms with Crippen LogP contribution in [0.25, 0.3) is 0 Å². The number of benzene rings is 1. The molecular weight excluding hydrogens is 252 g/mol. The minimum Gasteiger partial charge on any atom is -0.497 e. The molecule has 0 N–H and O–H groups in total. The Hall–Kier alpha value is -1.51. The lowest BCUT2D eigenvalue weighted by atomic mass is 10.0. The third-order valence-electron chi connectivity index (χ3n) is 3.22. The first-order chi connectivity index (χ1) is 9.61. The van der Waals surface area contributed by atoms with Crippen LogP contribution in [-0.2, 0) is 16.1 Å². The lowest BCUT2D eigenvalue weighted by Gasteiger charge is -2.06. The number of methoxy groups -OCH3 is 1. The van der Waals surface area contributed by atoms with Crippen molar-refractivity contribution in [1.82, 2.24) is 0 Å². The number of rotatable bonds is 9. The fourth-order valence-electron chi connectivity index (χ4n) is 1.96. The average molecular weight is 278 g/mol. The normalized spacial score (nSPS) is 10.6. The van der Waals surface area contributed by atoms with Gasteiger partial charge in [0, 0.05) is 6.42 Å². The van der Waals surface area contributed by atoms with Crippen LogP contribution < -0.4 is 4.74 Å². The first-order valence-electron chi connectivity index (χ1n) is 7.40. The predicted molar refractivity (Wildman–Crippen MR) is 80.7 cm³/mol. The highest BCUT2D eigenvalue weighted by molar-refractivity contribution is 5.69. The standard InChI is InChI=1S/C17H26O3/c1-14(2)7-5-4-6-8-17(18)20-13-15-9-11-16(19-3)12-10-15/h9-12,14H,4-8,13H2,1-3H3. The van der Waals surface area contributed by atoms with E-state index < -0.39 is 0 Å². The van der Waals surface area contributed by atoms with Crippen molar-refractivity contribution < 1.29 is 14.3 Å². The van der Waals surface area contributed by atoms with Crippen molar-refractivity contribution in [3.05, 3.63) is 29.8 Å². The molecule has 0 saturated carbocycles. The highest BCUT2D eigenvalue weighted by Gasteiger charge is 2.04. The molecule has 0 aliphatic heterocycles. The number of unbranched alkanes of at least 4 members (excludes halogenated alkanes) is 2. The largest absolute Gasteiger partial charge is 0.497 e. The van der Waals surface area contributed by atoms with Gasteiger partial charge in [0.15, 0.2) is 0 Å². The minimum absolute atomic E-state index is 0.106. The maximum Gasteiger partial charge on any atom is 0.306 e. The van der Waals surface area contributed by atoms with Crippen LogP contribution in [0.5, 0.6) is 5.75 Å². The molecule has 3 nitrogen and oxygen atoms in total. The summed E-state index contributed by atoms with van der Waals surface area (Å²) in [5.41, 5.74) is 0.985. The number of ether oxygens (including phenoxy) is 2. The summed E-state index contributed by atoms with van der Waals surface area (Å²) in [7, 11) is 1.63. The maximum absolute atomic E-state index is 11.6. The van der Waals surface area contributed by atoms with Crippen LogP contribution in [-0.4, -0.2) is 13.1 Å². The summed E-state index contributed by atoms with van der Waals surface area (Å²) in [5, 5.41) is 0. The van der Waals surface area contributed by atoms with Crippen LogP contribution in [0.15, 0.2) is 24.3 Å². The number of carbonyl (C=O) groups excluding carboxylic acids is 1. The Bertz CT molecular complexity index is 382. The van der Waals surface area contributed by atoms with Gasteiger partial charge in [0.1, 0.15) is 12.4 Å². The second-order valence-corrected chi connectivity index (χ2v) is 5.50. The van der Waals surface area contributed by atoms with E-state index in [1.807, 2.05) is 24.3 Å². The fourth-order valence-corrected chi connectivity index (χ4v) is 1.96. The Morgan fingerprint density at radius 3 is 2.40 bits per heavy atom. The summed E-state index contributed by atoms with van der Waals surface area (Å²) in [5.74, 6) is 1.45. The Kier molecular flexibility index (Phi) is 7.78. The topological polar surface area (TPSA) is 35.5 Å². The minimum atomic E-state index is -0.106. The van der Waals surface area contributed by atoms with Crippen LogP contribution in [0.1, 0.15) is 51.5 Å². The summed E-state index contributed by atoms with van der Waals surface area (Å²) < 4.78 is 10.3. The SMILES string of the molecule is COc1ccc(COC(=O)CCCCCC(C)C)cc1. The van der Waals surface area contributed by atoms with E-state index in [9.17, 15) is 4.79 Å². The molecule has 0 atom stereocenters. The molecule has 0 fully saturated rings. The smallest absolute Gasteiger partial charge is 0.306 e. The van der Waals surface area contributed by atoms with E-state index in [0.29, 0.717) is 13.0 Å². The van der Waals surface area contributed by atoms with Crippen LogP contribution in [0.4, 0.5) is 0 Å². The zero-order valence-electron chi connectivity index (χ0n) is 12.9. The van der Waals surface area contributed by atoms with E-state index in [-0.39, 0.29) is 5.97 Å². The molecule has 0 unspecified atom stereocenters. The van der Waals surface area contributed by atoms with Gasteiger partial charge in [-0.1, -0.05) is 45.2 Å². The van der Waals surface area contributed by atoms with Crippen molar-refractivity contribution in [3.63, 3.8) is 0 Å². The van der Waals surface area contributed by atoms with Gasteiger partial charge in [0.05, 0.1) is 7.11 Å². The monoisotopic (exact) mass is 278 g/mol. The van der Waals surface area contributed by atoms with Crippen molar-refractivity contribution in [2.75, 3.05) is 7.11 Å². The van der Waals surface area contributed by atoms with Crippen molar-refractivity contribution in [3.8, 4) is 5.75 Å². The number of hydrogen-bond donors (Lipinski definition) is 0. The molecular formula is C17H26O3. The summed E-state index contributed by atoms with van der Waals surface area (Å²) in [6, 6.07) is 7.56. The Labute approximate surface area is 122 Å². The van der Waals surface area contributed by atoms with Gasteiger partial charge >= 0.3 is 5.97 Å².